The van der Waals surface area contributed by atoms with Crippen LogP contribution in [0.1, 0.15) is 27.8 Å². The molecule has 0 aliphatic carbocycles. The van der Waals surface area contributed by atoms with Gasteiger partial charge in [0.05, 0.1) is 11.8 Å². The fraction of sp³-hybridized carbons (Fsp3) is 0.294. The van der Waals surface area contributed by atoms with Crippen LogP contribution in [0.2, 0.25) is 0 Å². The Hall–Kier alpha value is -3.76. The molecular formula is C17H19N7O4. The van der Waals surface area contributed by atoms with Crippen LogP contribution in [0.4, 0.5) is 11.7 Å². The van der Waals surface area contributed by atoms with Gasteiger partial charge in [-0.25, -0.2) is 14.6 Å². The molecule has 0 unspecified atom stereocenters. The molecule has 0 saturated heterocycles. The average molecular weight is 385 g/mol. The Bertz CT molecular complexity index is 1020. The summed E-state index contributed by atoms with van der Waals surface area (Å²) in [5.41, 5.74) is 1.85. The molecule has 0 spiro atoms. The lowest BCUT2D eigenvalue weighted by atomic mass is 10.4. The molecule has 3 aromatic rings. The molecule has 0 aliphatic rings. The highest BCUT2D eigenvalue weighted by Gasteiger charge is 2.16. The second-order valence-corrected chi connectivity index (χ2v) is 6.08. The van der Waals surface area contributed by atoms with E-state index in [1.807, 2.05) is 19.9 Å². The highest BCUT2D eigenvalue weighted by atomic mass is 16.6. The van der Waals surface area contributed by atoms with Crippen molar-refractivity contribution in [3.8, 4) is 5.82 Å². The van der Waals surface area contributed by atoms with Crippen LogP contribution in [-0.2, 0) is 0 Å². The highest BCUT2D eigenvalue weighted by molar-refractivity contribution is 5.91. The molecule has 1 amide bonds. The number of aromatic nitrogens is 4. The molecule has 3 aromatic heterocycles. The van der Waals surface area contributed by atoms with Crippen LogP contribution in [0.25, 0.3) is 5.82 Å². The van der Waals surface area contributed by atoms with E-state index in [1.165, 1.54) is 6.07 Å². The highest BCUT2D eigenvalue weighted by Crippen LogP contribution is 2.15. The standard InChI is InChI=1S/C17H19N7O4/c1-10-8-11(2)23(22-10)15-9-14(20-12(3)21-15)18-6-7-19-17(25)13-4-5-16(28-13)24(26)27/h4-5,8-9H,6-7H2,1-3H3,(H,19,25)(H,18,20,21). The van der Waals surface area contributed by atoms with Gasteiger partial charge >= 0.3 is 5.88 Å². The first-order valence-electron chi connectivity index (χ1n) is 8.49. The lowest BCUT2D eigenvalue weighted by Crippen LogP contribution is -2.28. The van der Waals surface area contributed by atoms with E-state index >= 15 is 0 Å². The molecule has 3 heterocycles. The minimum Gasteiger partial charge on any atom is -0.395 e. The molecule has 0 bridgehead atoms. The second kappa shape index (κ2) is 7.86. The number of hydrogen-bond acceptors (Lipinski definition) is 8. The van der Waals surface area contributed by atoms with Gasteiger partial charge in [-0.15, -0.1) is 0 Å². The van der Waals surface area contributed by atoms with Crippen LogP contribution in [0.15, 0.2) is 28.7 Å². The third-order valence-electron chi connectivity index (χ3n) is 3.76. The van der Waals surface area contributed by atoms with Crippen molar-refractivity contribution in [2.75, 3.05) is 18.4 Å². The zero-order chi connectivity index (χ0) is 20.3. The van der Waals surface area contributed by atoms with Gasteiger partial charge in [0.15, 0.2) is 11.6 Å². The smallest absolute Gasteiger partial charge is 0.395 e. The maximum absolute atomic E-state index is 11.9. The summed E-state index contributed by atoms with van der Waals surface area (Å²) in [7, 11) is 0. The number of rotatable bonds is 7. The molecule has 0 fully saturated rings. The Morgan fingerprint density at radius 1 is 1.21 bits per heavy atom. The second-order valence-electron chi connectivity index (χ2n) is 6.08. The predicted octanol–water partition coefficient (Wildman–Crippen LogP) is 1.93. The van der Waals surface area contributed by atoms with Gasteiger partial charge in [0, 0.05) is 24.8 Å². The SMILES string of the molecule is Cc1cc(C)n(-c2cc(NCCNC(=O)c3ccc([N+](=O)[O-])o3)nc(C)n2)n1. The molecule has 2 N–H and O–H groups in total. The lowest BCUT2D eigenvalue weighted by Gasteiger charge is -2.10. The van der Waals surface area contributed by atoms with Crippen LogP contribution in [0.3, 0.4) is 0 Å². The van der Waals surface area contributed by atoms with E-state index in [-0.39, 0.29) is 12.3 Å². The number of furan rings is 1. The fourth-order valence-corrected chi connectivity index (χ4v) is 2.61. The minimum absolute atomic E-state index is 0.114. The largest absolute Gasteiger partial charge is 0.433 e. The third-order valence-corrected chi connectivity index (χ3v) is 3.76. The molecule has 3 rings (SSSR count). The van der Waals surface area contributed by atoms with Crippen molar-refractivity contribution in [2.45, 2.75) is 20.8 Å². The molecule has 0 radical (unpaired) electrons. The number of hydrogen-bond donors (Lipinski definition) is 2. The maximum Gasteiger partial charge on any atom is 0.433 e. The summed E-state index contributed by atoms with van der Waals surface area (Å²) in [4.78, 5) is 30.5. The number of carbonyl (C=O) groups excluding carboxylic acids is 1. The summed E-state index contributed by atoms with van der Waals surface area (Å²) in [6, 6.07) is 6.12. The summed E-state index contributed by atoms with van der Waals surface area (Å²) < 4.78 is 6.59. The van der Waals surface area contributed by atoms with Gasteiger partial charge in [-0.1, -0.05) is 0 Å². The fourth-order valence-electron chi connectivity index (χ4n) is 2.61. The monoisotopic (exact) mass is 385 g/mol. The van der Waals surface area contributed by atoms with Gasteiger partial charge in [0.25, 0.3) is 5.91 Å². The van der Waals surface area contributed by atoms with E-state index in [2.05, 4.69) is 25.7 Å². The van der Waals surface area contributed by atoms with Crippen LogP contribution in [0.5, 0.6) is 0 Å². The van der Waals surface area contributed by atoms with Crippen LogP contribution < -0.4 is 10.6 Å². The summed E-state index contributed by atoms with van der Waals surface area (Å²) in [6.45, 7) is 6.30. The van der Waals surface area contributed by atoms with Gasteiger partial charge in [-0.05, 0) is 32.9 Å². The van der Waals surface area contributed by atoms with E-state index in [4.69, 9.17) is 4.42 Å². The maximum atomic E-state index is 11.9. The molecule has 0 saturated carbocycles. The van der Waals surface area contributed by atoms with Crippen molar-refractivity contribution in [1.82, 2.24) is 25.1 Å². The van der Waals surface area contributed by atoms with Gasteiger partial charge in [-0.3, -0.25) is 14.9 Å². The van der Waals surface area contributed by atoms with E-state index in [0.717, 1.165) is 17.5 Å². The van der Waals surface area contributed by atoms with Crippen molar-refractivity contribution in [3.63, 3.8) is 0 Å². The van der Waals surface area contributed by atoms with Gasteiger partial charge in [0.1, 0.15) is 16.6 Å². The number of aryl methyl sites for hydroxylation is 3. The average Bonchev–Trinajstić information content (AvgIpc) is 3.25. The number of amides is 1. The zero-order valence-electron chi connectivity index (χ0n) is 15.6. The Morgan fingerprint density at radius 3 is 2.64 bits per heavy atom. The third kappa shape index (κ3) is 4.31. The zero-order valence-corrected chi connectivity index (χ0v) is 15.6. The van der Waals surface area contributed by atoms with Crippen molar-refractivity contribution in [1.29, 1.82) is 0 Å². The molecular weight excluding hydrogens is 366 g/mol. The first-order chi connectivity index (χ1) is 13.3. The molecule has 28 heavy (non-hydrogen) atoms. The van der Waals surface area contributed by atoms with Gasteiger partial charge in [-0.2, -0.15) is 5.10 Å². The first-order valence-corrected chi connectivity index (χ1v) is 8.49. The Morgan fingerprint density at radius 2 is 2.00 bits per heavy atom. The Labute approximate surface area is 159 Å². The molecule has 11 nitrogen and oxygen atoms in total. The quantitative estimate of drug-likeness (QED) is 0.357. The number of nitrogens with one attached hydrogen (secondary N) is 2. The van der Waals surface area contributed by atoms with Crippen molar-refractivity contribution >= 4 is 17.6 Å². The van der Waals surface area contributed by atoms with Crippen LogP contribution >= 0.6 is 0 Å². The predicted molar refractivity (Wildman–Crippen MR) is 99.6 cm³/mol. The van der Waals surface area contributed by atoms with E-state index in [9.17, 15) is 14.9 Å². The van der Waals surface area contributed by atoms with Gasteiger partial charge in [0.2, 0.25) is 0 Å². The number of anilines is 1. The summed E-state index contributed by atoms with van der Waals surface area (Å²) >= 11 is 0. The van der Waals surface area contributed by atoms with E-state index in [1.54, 1.807) is 17.7 Å². The van der Waals surface area contributed by atoms with E-state index in [0.29, 0.717) is 24.0 Å². The number of carbonyl (C=O) groups is 1. The molecule has 146 valence electrons. The summed E-state index contributed by atoms with van der Waals surface area (Å²) in [6.07, 6.45) is 0. The van der Waals surface area contributed by atoms with Crippen LogP contribution in [-0.4, -0.2) is 43.7 Å². The first kappa shape index (κ1) is 19.0. The Balaban J connectivity index is 1.58. The Kier molecular flexibility index (Phi) is 5.34. The lowest BCUT2D eigenvalue weighted by molar-refractivity contribution is -0.402. The number of nitro groups is 1. The normalized spacial score (nSPS) is 10.7. The van der Waals surface area contributed by atoms with Crippen LogP contribution in [0, 0.1) is 30.9 Å². The molecule has 0 aliphatic heterocycles. The number of nitrogens with zero attached hydrogens (tertiary/aromatic N) is 5. The molecule has 11 heteroatoms. The summed E-state index contributed by atoms with van der Waals surface area (Å²) in [5, 5.41) is 20.7. The van der Waals surface area contributed by atoms with E-state index < -0.39 is 16.7 Å². The van der Waals surface area contributed by atoms with Gasteiger partial charge < -0.3 is 15.1 Å². The molecule has 0 aromatic carbocycles. The summed E-state index contributed by atoms with van der Waals surface area (Å²) in [5.74, 6) is 0.704. The van der Waals surface area contributed by atoms with Crippen molar-refractivity contribution in [2.24, 2.45) is 0 Å². The topological polar surface area (TPSA) is 141 Å². The van der Waals surface area contributed by atoms with Crippen molar-refractivity contribution in [3.05, 3.63) is 57.4 Å². The van der Waals surface area contributed by atoms with Crippen molar-refractivity contribution < 1.29 is 14.1 Å². The molecule has 0 atom stereocenters. The minimum atomic E-state index is -0.698.